The summed E-state index contributed by atoms with van der Waals surface area (Å²) in [5.74, 6) is 0.444. The van der Waals surface area contributed by atoms with Gasteiger partial charge < -0.3 is 0 Å². The molecule has 0 heterocycles. The summed E-state index contributed by atoms with van der Waals surface area (Å²) in [6, 6.07) is 15.8. The van der Waals surface area contributed by atoms with Crippen molar-refractivity contribution in [3.8, 4) is 11.1 Å². The summed E-state index contributed by atoms with van der Waals surface area (Å²) in [6.45, 7) is 12.8. The van der Waals surface area contributed by atoms with Gasteiger partial charge in [0.25, 0.3) is 10.0 Å². The van der Waals surface area contributed by atoms with Gasteiger partial charge >= 0.3 is 0 Å². The number of rotatable bonds is 8. The van der Waals surface area contributed by atoms with Gasteiger partial charge in [-0.25, -0.2) is 8.42 Å². The van der Waals surface area contributed by atoms with Crippen molar-refractivity contribution in [1.82, 2.24) is 4.72 Å². The summed E-state index contributed by atoms with van der Waals surface area (Å²) in [5, 5.41) is 0. The molecule has 4 heteroatoms. The van der Waals surface area contributed by atoms with Crippen LogP contribution in [0.5, 0.6) is 0 Å². The van der Waals surface area contributed by atoms with E-state index in [2.05, 4.69) is 63.6 Å². The van der Waals surface area contributed by atoms with Gasteiger partial charge in [-0.3, -0.25) is 4.72 Å². The molecule has 2 aliphatic rings. The van der Waals surface area contributed by atoms with Crippen molar-refractivity contribution in [2.45, 2.75) is 71.6 Å². The van der Waals surface area contributed by atoms with Crippen LogP contribution in [0.15, 0.2) is 59.6 Å². The summed E-state index contributed by atoms with van der Waals surface area (Å²) >= 11 is 0. The monoisotopic (exact) mass is 449 g/mol. The minimum atomic E-state index is -3.62. The highest BCUT2D eigenvalue weighted by Gasteiger charge is 2.20. The number of hydrogen-bond acceptors (Lipinski definition) is 2. The Morgan fingerprint density at radius 1 is 0.969 bits per heavy atom. The van der Waals surface area contributed by atoms with Crippen LogP contribution in [0.2, 0.25) is 0 Å². The summed E-state index contributed by atoms with van der Waals surface area (Å²) in [7, 11) is -3.62. The second kappa shape index (κ2) is 9.91. The molecule has 0 bridgehead atoms. The van der Waals surface area contributed by atoms with Crippen molar-refractivity contribution in [1.29, 1.82) is 0 Å². The van der Waals surface area contributed by atoms with Gasteiger partial charge in [0.15, 0.2) is 0 Å². The average molecular weight is 450 g/mol. The standard InChI is InChI=1S/C28H35NO2S/c1-7-8-9-24(18-29-32(30,31)25-14-10-20(4)11-15-25)27-16-22(6)26-17-23(19(2)3)13-12-21(5)28(26)27/h10-19,29H,7-9H2,1-6H3/b24-18-. The highest BCUT2D eigenvalue weighted by atomic mass is 32.2. The highest BCUT2D eigenvalue weighted by molar-refractivity contribution is 7.89. The minimum absolute atomic E-state index is 0.280. The number of aryl methyl sites for hydroxylation is 3. The van der Waals surface area contributed by atoms with Gasteiger partial charge in [-0.2, -0.15) is 0 Å². The molecule has 32 heavy (non-hydrogen) atoms. The van der Waals surface area contributed by atoms with Crippen LogP contribution >= 0.6 is 0 Å². The molecule has 0 atom stereocenters. The normalized spacial score (nSPS) is 12.5. The Morgan fingerprint density at radius 3 is 2.28 bits per heavy atom. The zero-order valence-corrected chi connectivity index (χ0v) is 20.9. The van der Waals surface area contributed by atoms with Crippen molar-refractivity contribution < 1.29 is 8.42 Å². The van der Waals surface area contributed by atoms with Crippen LogP contribution in [0.25, 0.3) is 16.7 Å². The predicted octanol–water partition coefficient (Wildman–Crippen LogP) is 7.35. The lowest BCUT2D eigenvalue weighted by Gasteiger charge is -2.12. The third-order valence-electron chi connectivity index (χ3n) is 6.09. The lowest BCUT2D eigenvalue weighted by molar-refractivity contribution is 0.590. The van der Waals surface area contributed by atoms with Crippen molar-refractivity contribution in [2.24, 2.45) is 0 Å². The van der Waals surface area contributed by atoms with Gasteiger partial charge in [0, 0.05) is 6.20 Å². The van der Waals surface area contributed by atoms with Crippen LogP contribution in [0.4, 0.5) is 0 Å². The topological polar surface area (TPSA) is 46.2 Å². The van der Waals surface area contributed by atoms with E-state index in [4.69, 9.17) is 0 Å². The first-order valence-corrected chi connectivity index (χ1v) is 12.9. The van der Waals surface area contributed by atoms with Crippen LogP contribution in [0, 0.1) is 20.8 Å². The molecule has 0 saturated heterocycles. The quantitative estimate of drug-likeness (QED) is 0.391. The number of unbranched alkanes of at least 4 members (excludes halogenated alkanes) is 1. The van der Waals surface area contributed by atoms with E-state index in [-0.39, 0.29) is 4.90 Å². The van der Waals surface area contributed by atoms with Crippen LogP contribution in [0.1, 0.15) is 73.8 Å². The first-order chi connectivity index (χ1) is 15.1. The molecule has 0 spiro atoms. The van der Waals surface area contributed by atoms with E-state index in [0.29, 0.717) is 5.92 Å². The number of benzene rings is 1. The zero-order chi connectivity index (χ0) is 23.5. The number of hydrogen-bond donors (Lipinski definition) is 1. The Bertz CT molecular complexity index is 1190. The maximum Gasteiger partial charge on any atom is 0.261 e. The maximum atomic E-state index is 12.9. The second-order valence-electron chi connectivity index (χ2n) is 9.05. The van der Waals surface area contributed by atoms with Crippen molar-refractivity contribution in [3.63, 3.8) is 0 Å². The van der Waals surface area contributed by atoms with Crippen molar-refractivity contribution >= 4 is 15.6 Å². The fourth-order valence-electron chi connectivity index (χ4n) is 4.04. The molecule has 0 unspecified atom stereocenters. The molecule has 1 aromatic rings. The van der Waals surface area contributed by atoms with Crippen LogP contribution in [-0.4, -0.2) is 8.42 Å². The molecule has 0 fully saturated rings. The number of nitrogens with one attached hydrogen (secondary N) is 1. The largest absolute Gasteiger partial charge is 0.286 e. The van der Waals surface area contributed by atoms with E-state index >= 15 is 0 Å². The number of fused-ring (bicyclic) bond motifs is 1. The Hall–Kier alpha value is -2.59. The third-order valence-corrected chi connectivity index (χ3v) is 7.41. The van der Waals surface area contributed by atoms with E-state index in [1.165, 1.54) is 27.8 Å². The molecule has 1 aromatic carbocycles. The van der Waals surface area contributed by atoms with E-state index < -0.39 is 10.0 Å². The SMILES string of the molecule is CCCC/C(=C/NS(=O)(=O)c1ccc(C)cc1)c1cc(C)c2cc(C(C)C)ccc(C)c1-2. The van der Waals surface area contributed by atoms with Gasteiger partial charge in [-0.05, 0) is 90.6 Å². The predicted molar refractivity (Wildman–Crippen MR) is 136 cm³/mol. The number of sulfonamides is 1. The third kappa shape index (κ3) is 5.24. The van der Waals surface area contributed by atoms with Gasteiger partial charge in [0.2, 0.25) is 0 Å². The highest BCUT2D eigenvalue weighted by Crippen LogP contribution is 2.40. The molecule has 2 aliphatic carbocycles. The van der Waals surface area contributed by atoms with E-state index in [1.54, 1.807) is 18.3 Å². The Labute approximate surface area is 194 Å². The smallest absolute Gasteiger partial charge is 0.261 e. The minimum Gasteiger partial charge on any atom is -0.286 e. The van der Waals surface area contributed by atoms with E-state index in [1.807, 2.05) is 19.1 Å². The number of allylic oxidation sites excluding steroid dienone is 1. The summed E-state index contributed by atoms with van der Waals surface area (Å²) < 4.78 is 28.5. The fraction of sp³-hybridized carbons (Fsp3) is 0.357. The van der Waals surface area contributed by atoms with E-state index in [9.17, 15) is 8.42 Å². The summed E-state index contributed by atoms with van der Waals surface area (Å²) in [4.78, 5) is 0.280. The Kier molecular flexibility index (Phi) is 7.45. The van der Waals surface area contributed by atoms with Gasteiger partial charge in [-0.1, -0.05) is 69.2 Å². The Balaban J connectivity index is 2.07. The molecule has 3 rings (SSSR count). The summed E-state index contributed by atoms with van der Waals surface area (Å²) in [5.41, 5.74) is 9.38. The van der Waals surface area contributed by atoms with Crippen LogP contribution < -0.4 is 4.72 Å². The molecule has 0 radical (unpaired) electrons. The fourth-order valence-corrected chi connectivity index (χ4v) is 4.97. The molecule has 0 saturated carbocycles. The van der Waals surface area contributed by atoms with Crippen LogP contribution in [0.3, 0.4) is 0 Å². The molecule has 1 N–H and O–H groups in total. The van der Waals surface area contributed by atoms with Gasteiger partial charge in [0.1, 0.15) is 0 Å². The van der Waals surface area contributed by atoms with Crippen molar-refractivity contribution in [3.05, 3.63) is 82.5 Å². The molecular weight excluding hydrogens is 414 g/mol. The summed E-state index contributed by atoms with van der Waals surface area (Å²) in [6.07, 6.45) is 4.57. The molecular formula is C28H35NO2S. The molecule has 0 aromatic heterocycles. The molecule has 170 valence electrons. The first-order valence-electron chi connectivity index (χ1n) is 11.5. The lowest BCUT2D eigenvalue weighted by Crippen LogP contribution is -2.18. The molecule has 0 amide bonds. The lowest BCUT2D eigenvalue weighted by atomic mass is 9.95. The van der Waals surface area contributed by atoms with Crippen LogP contribution in [-0.2, 0) is 10.0 Å². The van der Waals surface area contributed by atoms with Gasteiger partial charge in [0.05, 0.1) is 4.90 Å². The molecule has 0 aliphatic heterocycles. The van der Waals surface area contributed by atoms with E-state index in [0.717, 1.165) is 36.0 Å². The average Bonchev–Trinajstić information content (AvgIpc) is 2.95. The first kappa shape index (κ1) is 24.1. The molecule has 3 nitrogen and oxygen atoms in total. The zero-order valence-electron chi connectivity index (χ0n) is 20.1. The maximum absolute atomic E-state index is 12.9. The van der Waals surface area contributed by atoms with Gasteiger partial charge in [-0.15, -0.1) is 0 Å². The van der Waals surface area contributed by atoms with Crippen molar-refractivity contribution in [2.75, 3.05) is 0 Å². The second-order valence-corrected chi connectivity index (χ2v) is 10.8. The Morgan fingerprint density at radius 2 is 1.66 bits per heavy atom.